The SMILES string of the molecule is C#Cc1cccc(N(C)CC(O)c2ccc(S(C)(=O)=O)cc2)c1. The Kier molecular flexibility index (Phi) is 5.09. The number of likely N-dealkylation sites (N-methyl/N-ethyl adjacent to an activating group) is 1. The predicted octanol–water partition coefficient (Wildman–Crippen LogP) is 2.24. The molecule has 1 atom stereocenters. The molecule has 0 aliphatic heterocycles. The second-order valence-corrected chi connectivity index (χ2v) is 7.45. The van der Waals surface area contributed by atoms with E-state index in [-0.39, 0.29) is 4.90 Å². The van der Waals surface area contributed by atoms with Crippen LogP contribution < -0.4 is 4.90 Å². The number of hydrogen-bond donors (Lipinski definition) is 1. The number of aliphatic hydroxyl groups is 1. The second-order valence-electron chi connectivity index (χ2n) is 5.43. The fourth-order valence-corrected chi connectivity index (χ4v) is 2.87. The molecule has 0 bridgehead atoms. The molecular formula is C18H19NO3S. The first-order chi connectivity index (χ1) is 10.8. The van der Waals surface area contributed by atoms with E-state index in [1.165, 1.54) is 12.1 Å². The third kappa shape index (κ3) is 4.35. The van der Waals surface area contributed by atoms with Crippen molar-refractivity contribution >= 4 is 15.5 Å². The Morgan fingerprint density at radius 1 is 1.22 bits per heavy atom. The van der Waals surface area contributed by atoms with Crippen LogP contribution in [0.2, 0.25) is 0 Å². The number of anilines is 1. The van der Waals surface area contributed by atoms with Crippen LogP contribution in [0.1, 0.15) is 17.2 Å². The van der Waals surface area contributed by atoms with E-state index < -0.39 is 15.9 Å². The van der Waals surface area contributed by atoms with Gasteiger partial charge < -0.3 is 10.0 Å². The first kappa shape index (κ1) is 17.1. The van der Waals surface area contributed by atoms with E-state index in [0.29, 0.717) is 12.1 Å². The molecule has 2 aromatic carbocycles. The Morgan fingerprint density at radius 3 is 2.43 bits per heavy atom. The lowest BCUT2D eigenvalue weighted by atomic mass is 10.1. The van der Waals surface area contributed by atoms with Gasteiger partial charge in [0, 0.05) is 31.1 Å². The molecule has 0 aromatic heterocycles. The molecule has 0 aliphatic carbocycles. The van der Waals surface area contributed by atoms with Crippen molar-refractivity contribution in [1.82, 2.24) is 0 Å². The molecule has 0 saturated carbocycles. The fourth-order valence-electron chi connectivity index (χ4n) is 2.24. The summed E-state index contributed by atoms with van der Waals surface area (Å²) in [5.41, 5.74) is 2.35. The van der Waals surface area contributed by atoms with Gasteiger partial charge >= 0.3 is 0 Å². The number of terminal acetylenes is 1. The summed E-state index contributed by atoms with van der Waals surface area (Å²) in [5.74, 6) is 2.58. The molecular weight excluding hydrogens is 310 g/mol. The summed E-state index contributed by atoms with van der Waals surface area (Å²) in [6.45, 7) is 0.367. The van der Waals surface area contributed by atoms with Crippen molar-refractivity contribution in [3.63, 3.8) is 0 Å². The molecule has 0 spiro atoms. The van der Waals surface area contributed by atoms with Crippen molar-refractivity contribution in [2.45, 2.75) is 11.0 Å². The monoisotopic (exact) mass is 329 g/mol. The van der Waals surface area contributed by atoms with Gasteiger partial charge in [0.1, 0.15) is 0 Å². The van der Waals surface area contributed by atoms with Gasteiger partial charge in [-0.05, 0) is 35.9 Å². The first-order valence-electron chi connectivity index (χ1n) is 7.07. The molecule has 2 rings (SSSR count). The van der Waals surface area contributed by atoms with Crippen LogP contribution in [0, 0.1) is 12.3 Å². The van der Waals surface area contributed by atoms with Gasteiger partial charge in [0.15, 0.2) is 9.84 Å². The summed E-state index contributed by atoms with van der Waals surface area (Å²) >= 11 is 0. The van der Waals surface area contributed by atoms with E-state index in [1.807, 2.05) is 36.2 Å². The third-order valence-corrected chi connectivity index (χ3v) is 4.72. The highest BCUT2D eigenvalue weighted by atomic mass is 32.2. The molecule has 0 amide bonds. The highest BCUT2D eigenvalue weighted by Gasteiger charge is 2.13. The van der Waals surface area contributed by atoms with Crippen molar-refractivity contribution in [2.24, 2.45) is 0 Å². The van der Waals surface area contributed by atoms with E-state index in [9.17, 15) is 13.5 Å². The summed E-state index contributed by atoms with van der Waals surface area (Å²) < 4.78 is 22.9. The van der Waals surface area contributed by atoms with Crippen LogP contribution >= 0.6 is 0 Å². The zero-order valence-electron chi connectivity index (χ0n) is 13.1. The average molecular weight is 329 g/mol. The summed E-state index contributed by atoms with van der Waals surface area (Å²) in [4.78, 5) is 2.14. The molecule has 0 fully saturated rings. The Labute approximate surface area is 137 Å². The minimum atomic E-state index is -3.23. The van der Waals surface area contributed by atoms with Gasteiger partial charge in [-0.25, -0.2) is 8.42 Å². The van der Waals surface area contributed by atoms with E-state index in [4.69, 9.17) is 6.42 Å². The number of hydrogen-bond acceptors (Lipinski definition) is 4. The van der Waals surface area contributed by atoms with Crippen molar-refractivity contribution < 1.29 is 13.5 Å². The summed E-state index contributed by atoms with van der Waals surface area (Å²) in [5, 5.41) is 10.3. The number of rotatable bonds is 5. The molecule has 0 radical (unpaired) electrons. The molecule has 23 heavy (non-hydrogen) atoms. The van der Waals surface area contributed by atoms with E-state index in [1.54, 1.807) is 12.1 Å². The lowest BCUT2D eigenvalue weighted by Gasteiger charge is -2.23. The van der Waals surface area contributed by atoms with Crippen molar-refractivity contribution in [2.75, 3.05) is 24.7 Å². The van der Waals surface area contributed by atoms with Gasteiger partial charge in [-0.15, -0.1) is 6.42 Å². The zero-order chi connectivity index (χ0) is 17.0. The maximum Gasteiger partial charge on any atom is 0.175 e. The average Bonchev–Trinajstić information content (AvgIpc) is 2.54. The maximum absolute atomic E-state index is 11.5. The second kappa shape index (κ2) is 6.86. The Balaban J connectivity index is 2.12. The lowest BCUT2D eigenvalue weighted by Crippen LogP contribution is -2.24. The van der Waals surface area contributed by atoms with Crippen LogP contribution in [-0.4, -0.2) is 33.4 Å². The Morgan fingerprint density at radius 2 is 1.87 bits per heavy atom. The number of nitrogens with zero attached hydrogens (tertiary/aromatic N) is 1. The smallest absolute Gasteiger partial charge is 0.175 e. The third-order valence-electron chi connectivity index (χ3n) is 3.59. The van der Waals surface area contributed by atoms with E-state index in [2.05, 4.69) is 5.92 Å². The van der Waals surface area contributed by atoms with Gasteiger partial charge in [0.05, 0.1) is 11.0 Å². The van der Waals surface area contributed by atoms with Crippen molar-refractivity contribution in [1.29, 1.82) is 0 Å². The van der Waals surface area contributed by atoms with Crippen LogP contribution in [-0.2, 0) is 9.84 Å². The minimum Gasteiger partial charge on any atom is -0.387 e. The minimum absolute atomic E-state index is 0.239. The quantitative estimate of drug-likeness (QED) is 0.855. The van der Waals surface area contributed by atoms with Gasteiger partial charge in [-0.1, -0.05) is 24.1 Å². The van der Waals surface area contributed by atoms with Crippen LogP contribution in [0.15, 0.2) is 53.4 Å². The summed E-state index contributed by atoms with van der Waals surface area (Å²) in [7, 11) is -1.37. The number of aliphatic hydroxyl groups excluding tert-OH is 1. The van der Waals surface area contributed by atoms with Crippen molar-refractivity contribution in [3.8, 4) is 12.3 Å². The van der Waals surface area contributed by atoms with Gasteiger partial charge in [-0.3, -0.25) is 0 Å². The Bertz CT molecular complexity index is 820. The molecule has 1 N–H and O–H groups in total. The lowest BCUT2D eigenvalue weighted by molar-refractivity contribution is 0.185. The molecule has 4 nitrogen and oxygen atoms in total. The highest BCUT2D eigenvalue weighted by molar-refractivity contribution is 7.90. The topological polar surface area (TPSA) is 57.6 Å². The standard InChI is InChI=1S/C18H19NO3S/c1-4-14-6-5-7-16(12-14)19(2)13-18(20)15-8-10-17(11-9-15)23(3,21)22/h1,5-12,18,20H,13H2,2-3H3. The van der Waals surface area contributed by atoms with Crippen LogP contribution in [0.25, 0.3) is 0 Å². The molecule has 5 heteroatoms. The van der Waals surface area contributed by atoms with Crippen LogP contribution in [0.4, 0.5) is 5.69 Å². The first-order valence-corrected chi connectivity index (χ1v) is 8.96. The number of benzene rings is 2. The van der Waals surface area contributed by atoms with Crippen molar-refractivity contribution in [3.05, 3.63) is 59.7 Å². The molecule has 0 aliphatic rings. The van der Waals surface area contributed by atoms with Gasteiger partial charge in [-0.2, -0.15) is 0 Å². The molecule has 120 valence electrons. The van der Waals surface area contributed by atoms with Crippen LogP contribution in [0.3, 0.4) is 0 Å². The van der Waals surface area contributed by atoms with E-state index >= 15 is 0 Å². The molecule has 0 heterocycles. The summed E-state index contributed by atoms with van der Waals surface area (Å²) in [6, 6.07) is 13.8. The van der Waals surface area contributed by atoms with E-state index in [0.717, 1.165) is 17.5 Å². The van der Waals surface area contributed by atoms with Crippen LogP contribution in [0.5, 0.6) is 0 Å². The fraction of sp³-hybridized carbons (Fsp3) is 0.222. The molecule has 2 aromatic rings. The highest BCUT2D eigenvalue weighted by Crippen LogP contribution is 2.21. The predicted molar refractivity (Wildman–Crippen MR) is 92.2 cm³/mol. The Hall–Kier alpha value is -2.29. The maximum atomic E-state index is 11.5. The number of sulfone groups is 1. The largest absolute Gasteiger partial charge is 0.387 e. The zero-order valence-corrected chi connectivity index (χ0v) is 13.9. The molecule has 1 unspecified atom stereocenters. The summed E-state index contributed by atoms with van der Waals surface area (Å²) in [6.07, 6.45) is 5.82. The van der Waals surface area contributed by atoms with Gasteiger partial charge in [0.2, 0.25) is 0 Å². The molecule has 0 saturated heterocycles. The normalized spacial score (nSPS) is 12.4. The van der Waals surface area contributed by atoms with Gasteiger partial charge in [0.25, 0.3) is 0 Å².